The molecule has 7 nitrogen and oxygen atoms in total. The summed E-state index contributed by atoms with van der Waals surface area (Å²) in [4.78, 5) is 53.0. The van der Waals surface area contributed by atoms with Gasteiger partial charge in [-0.25, -0.2) is 0 Å². The van der Waals surface area contributed by atoms with E-state index in [1.165, 1.54) is 17.7 Å². The molecule has 2 aliphatic rings. The zero-order chi connectivity index (χ0) is 22.7. The normalized spacial score (nSPS) is 19.8. The van der Waals surface area contributed by atoms with Gasteiger partial charge in [0.1, 0.15) is 6.04 Å². The lowest BCUT2D eigenvalue weighted by atomic mass is 10.1. The van der Waals surface area contributed by atoms with Crippen LogP contribution in [0.1, 0.15) is 39.1 Å². The van der Waals surface area contributed by atoms with Gasteiger partial charge in [0.05, 0.1) is 12.6 Å². The highest BCUT2D eigenvalue weighted by atomic mass is 32.2. The number of hydrogen-bond donors (Lipinski definition) is 1. The van der Waals surface area contributed by atoms with E-state index >= 15 is 0 Å². The maximum absolute atomic E-state index is 13.0. The van der Waals surface area contributed by atoms with Gasteiger partial charge in [-0.15, -0.1) is 0 Å². The monoisotopic (exact) mass is 451 g/mol. The van der Waals surface area contributed by atoms with Gasteiger partial charge in [0.15, 0.2) is 5.78 Å². The zero-order valence-corrected chi connectivity index (χ0v) is 18.4. The molecule has 4 rings (SSSR count). The first-order valence-electron chi connectivity index (χ1n) is 10.6. The quantitative estimate of drug-likeness (QED) is 0.650. The summed E-state index contributed by atoms with van der Waals surface area (Å²) in [5.74, 6) is 0.564. The van der Waals surface area contributed by atoms with Crippen LogP contribution in [0.3, 0.4) is 0 Å². The molecule has 2 unspecified atom stereocenters. The van der Waals surface area contributed by atoms with Crippen molar-refractivity contribution in [3.63, 3.8) is 0 Å². The average Bonchev–Trinajstić information content (AvgIpc) is 3.38. The molecule has 2 atom stereocenters. The summed E-state index contributed by atoms with van der Waals surface area (Å²) in [5, 5.41) is 0. The molecule has 32 heavy (non-hydrogen) atoms. The molecule has 0 radical (unpaired) electrons. The Morgan fingerprint density at radius 2 is 1.66 bits per heavy atom. The van der Waals surface area contributed by atoms with Crippen LogP contribution in [0.25, 0.3) is 0 Å². The number of fused-ring (bicyclic) bond motifs is 1. The number of carbonyl (C=O) groups excluding carboxylic acids is 4. The van der Waals surface area contributed by atoms with Gasteiger partial charge in [0.25, 0.3) is 5.91 Å². The summed E-state index contributed by atoms with van der Waals surface area (Å²) in [7, 11) is 0. The molecule has 166 valence electrons. The fourth-order valence-electron chi connectivity index (χ4n) is 4.38. The average molecular weight is 452 g/mol. The fourth-order valence-corrected chi connectivity index (χ4v) is 5.27. The van der Waals surface area contributed by atoms with Gasteiger partial charge < -0.3 is 15.5 Å². The van der Waals surface area contributed by atoms with E-state index in [-0.39, 0.29) is 30.2 Å². The van der Waals surface area contributed by atoms with Gasteiger partial charge in [0.2, 0.25) is 11.8 Å². The molecule has 0 aliphatic carbocycles. The molecule has 2 aromatic rings. The van der Waals surface area contributed by atoms with Crippen molar-refractivity contribution < 1.29 is 19.2 Å². The lowest BCUT2D eigenvalue weighted by Crippen LogP contribution is -2.43. The highest BCUT2D eigenvalue weighted by Crippen LogP contribution is 2.31. The van der Waals surface area contributed by atoms with E-state index in [1.54, 1.807) is 33.7 Å². The second-order valence-electron chi connectivity index (χ2n) is 8.02. The predicted octanol–water partition coefficient (Wildman–Crippen LogP) is 2.10. The summed E-state index contributed by atoms with van der Waals surface area (Å²) in [6.07, 6.45) is 0.959. The number of primary amides is 1. The van der Waals surface area contributed by atoms with Gasteiger partial charge in [-0.05, 0) is 36.2 Å². The highest BCUT2D eigenvalue weighted by Gasteiger charge is 2.51. The van der Waals surface area contributed by atoms with Crippen molar-refractivity contribution in [1.29, 1.82) is 0 Å². The molecule has 0 aromatic heterocycles. The van der Waals surface area contributed by atoms with Gasteiger partial charge in [-0.1, -0.05) is 30.3 Å². The van der Waals surface area contributed by atoms with Gasteiger partial charge in [-0.3, -0.25) is 19.2 Å². The molecular formula is C24H25N3O4S. The van der Waals surface area contributed by atoms with E-state index in [1.807, 2.05) is 18.2 Å². The van der Waals surface area contributed by atoms with Gasteiger partial charge in [-0.2, -0.15) is 11.8 Å². The lowest BCUT2D eigenvalue weighted by molar-refractivity contribution is -0.136. The van der Waals surface area contributed by atoms with Crippen molar-refractivity contribution in [2.75, 3.05) is 18.8 Å². The van der Waals surface area contributed by atoms with Crippen molar-refractivity contribution in [2.45, 2.75) is 30.7 Å². The van der Waals surface area contributed by atoms with Crippen LogP contribution in [0, 0.1) is 0 Å². The van der Waals surface area contributed by atoms with Crippen molar-refractivity contribution >= 4 is 35.3 Å². The Bertz CT molecular complexity index is 1030. The van der Waals surface area contributed by atoms with Crippen LogP contribution in [0.15, 0.2) is 54.6 Å². The lowest BCUT2D eigenvalue weighted by Gasteiger charge is -2.24. The standard InChI is InChI=1S/C24H25N3O4S/c25-23(30)17-6-8-18(9-7-17)24(31)27-14-20(28)22-19(27)10-12-26(22)21(29)11-13-32-15-16-4-2-1-3-5-16/h1-9,19,22H,10-15H2,(H2,25,30). The van der Waals surface area contributed by atoms with E-state index < -0.39 is 11.9 Å². The molecule has 8 heteroatoms. The molecule has 2 heterocycles. The molecule has 2 aliphatic heterocycles. The first-order chi connectivity index (χ1) is 15.5. The number of benzene rings is 2. The Labute approximate surface area is 190 Å². The Kier molecular flexibility index (Phi) is 6.60. The predicted molar refractivity (Wildman–Crippen MR) is 122 cm³/mol. The maximum atomic E-state index is 13.0. The smallest absolute Gasteiger partial charge is 0.254 e. The fraction of sp³-hybridized carbons (Fsp3) is 0.333. The first-order valence-corrected chi connectivity index (χ1v) is 11.8. The van der Waals surface area contributed by atoms with Crippen LogP contribution < -0.4 is 5.73 Å². The molecule has 0 saturated carbocycles. The number of carbonyl (C=O) groups is 4. The number of likely N-dealkylation sites (tertiary alicyclic amines) is 2. The highest BCUT2D eigenvalue weighted by molar-refractivity contribution is 7.98. The van der Waals surface area contributed by atoms with Crippen LogP contribution in [0.5, 0.6) is 0 Å². The maximum Gasteiger partial charge on any atom is 0.254 e. The minimum Gasteiger partial charge on any atom is -0.366 e. The van der Waals surface area contributed by atoms with Crippen LogP contribution in [-0.4, -0.2) is 64.2 Å². The Morgan fingerprint density at radius 3 is 2.34 bits per heavy atom. The van der Waals surface area contributed by atoms with Crippen LogP contribution in [0.2, 0.25) is 0 Å². The molecule has 3 amide bonds. The summed E-state index contributed by atoms with van der Waals surface area (Å²) < 4.78 is 0. The summed E-state index contributed by atoms with van der Waals surface area (Å²) in [6, 6.07) is 15.3. The Hall–Kier alpha value is -3.13. The van der Waals surface area contributed by atoms with Crippen LogP contribution >= 0.6 is 11.8 Å². The zero-order valence-electron chi connectivity index (χ0n) is 17.6. The third-order valence-corrected chi connectivity index (χ3v) is 7.02. The Balaban J connectivity index is 1.34. The first kappa shape index (κ1) is 22.1. The minimum absolute atomic E-state index is 0.00171. The minimum atomic E-state index is -0.563. The summed E-state index contributed by atoms with van der Waals surface area (Å²) >= 11 is 1.70. The van der Waals surface area contributed by atoms with Crippen molar-refractivity contribution in [3.8, 4) is 0 Å². The molecular weight excluding hydrogens is 426 g/mol. The number of amides is 3. The topological polar surface area (TPSA) is 101 Å². The van der Waals surface area contributed by atoms with E-state index in [9.17, 15) is 19.2 Å². The van der Waals surface area contributed by atoms with E-state index in [0.29, 0.717) is 36.3 Å². The van der Waals surface area contributed by atoms with Gasteiger partial charge in [0, 0.05) is 35.6 Å². The molecule has 0 spiro atoms. The number of hydrogen-bond acceptors (Lipinski definition) is 5. The number of Topliss-reactive ketones (excluding diaryl/α,β-unsaturated/α-hetero) is 1. The van der Waals surface area contributed by atoms with Crippen LogP contribution in [-0.2, 0) is 15.3 Å². The molecule has 2 saturated heterocycles. The van der Waals surface area contributed by atoms with E-state index in [0.717, 1.165) is 5.75 Å². The number of nitrogens with zero attached hydrogens (tertiary/aromatic N) is 2. The third-order valence-electron chi connectivity index (χ3n) is 5.99. The third kappa shape index (κ3) is 4.55. The second-order valence-corrected chi connectivity index (χ2v) is 9.12. The van der Waals surface area contributed by atoms with E-state index in [2.05, 4.69) is 12.1 Å². The van der Waals surface area contributed by atoms with E-state index in [4.69, 9.17) is 5.73 Å². The molecule has 2 aromatic carbocycles. The van der Waals surface area contributed by atoms with Crippen molar-refractivity contribution in [2.24, 2.45) is 5.73 Å². The summed E-state index contributed by atoms with van der Waals surface area (Å²) in [6.45, 7) is 0.478. The van der Waals surface area contributed by atoms with Crippen molar-refractivity contribution in [1.82, 2.24) is 9.80 Å². The number of ketones is 1. The van der Waals surface area contributed by atoms with Gasteiger partial charge >= 0.3 is 0 Å². The molecule has 2 N–H and O–H groups in total. The summed E-state index contributed by atoms with van der Waals surface area (Å²) in [5.41, 5.74) is 7.18. The SMILES string of the molecule is NC(=O)c1ccc(C(=O)N2CC(=O)C3C2CCN3C(=O)CCSCc2ccccc2)cc1. The largest absolute Gasteiger partial charge is 0.366 e. The van der Waals surface area contributed by atoms with Crippen LogP contribution in [0.4, 0.5) is 0 Å². The van der Waals surface area contributed by atoms with Crippen molar-refractivity contribution in [3.05, 3.63) is 71.3 Å². The Morgan fingerprint density at radius 1 is 0.969 bits per heavy atom. The molecule has 2 fully saturated rings. The molecule has 0 bridgehead atoms. The number of nitrogens with two attached hydrogens (primary N) is 1. The number of thioether (sulfide) groups is 1. The second kappa shape index (κ2) is 9.56. The number of rotatable bonds is 7.